The van der Waals surface area contributed by atoms with E-state index >= 15 is 0 Å². The number of ketones is 1. The minimum atomic E-state index is -0.702. The number of nitrogens with zero attached hydrogens (tertiary/aromatic N) is 1. The number of hydrogen-bond acceptors (Lipinski definition) is 6. The van der Waals surface area contributed by atoms with Crippen LogP contribution < -0.4 is 9.64 Å². The molecule has 3 aromatic carbocycles. The Labute approximate surface area is 220 Å². The van der Waals surface area contributed by atoms with Crippen molar-refractivity contribution < 1.29 is 28.7 Å². The number of amides is 2. The number of carbonyl (C=O) groups is 4. The quantitative estimate of drug-likeness (QED) is 0.261. The fourth-order valence-corrected chi connectivity index (χ4v) is 6.66. The smallest absolute Gasteiger partial charge is 0.338 e. The molecule has 7 nitrogen and oxygen atoms in total. The third-order valence-electron chi connectivity index (χ3n) is 8.31. The number of rotatable bonds is 7. The van der Waals surface area contributed by atoms with Crippen molar-refractivity contribution in [3.8, 4) is 5.75 Å². The summed E-state index contributed by atoms with van der Waals surface area (Å²) in [6, 6.07) is 23.1. The number of imide groups is 1. The Morgan fingerprint density at radius 2 is 1.58 bits per heavy atom. The van der Waals surface area contributed by atoms with Gasteiger partial charge in [-0.1, -0.05) is 48.5 Å². The van der Waals surface area contributed by atoms with Gasteiger partial charge < -0.3 is 9.47 Å². The summed E-state index contributed by atoms with van der Waals surface area (Å²) in [7, 11) is 1.51. The lowest BCUT2D eigenvalue weighted by Gasteiger charge is -2.28. The maximum Gasteiger partial charge on any atom is 0.338 e. The molecule has 0 spiro atoms. The lowest BCUT2D eigenvalue weighted by molar-refractivity contribution is -0.123. The minimum Gasteiger partial charge on any atom is -0.497 e. The van der Waals surface area contributed by atoms with Gasteiger partial charge in [-0.2, -0.15) is 0 Å². The minimum absolute atomic E-state index is 0.143. The number of methoxy groups -OCH3 is 1. The van der Waals surface area contributed by atoms with E-state index in [0.717, 1.165) is 12.8 Å². The summed E-state index contributed by atoms with van der Waals surface area (Å²) >= 11 is 0. The summed E-state index contributed by atoms with van der Waals surface area (Å²) in [5.41, 5.74) is 2.13. The van der Waals surface area contributed by atoms with Gasteiger partial charge >= 0.3 is 5.97 Å². The highest BCUT2D eigenvalue weighted by molar-refractivity contribution is 6.23. The van der Waals surface area contributed by atoms with Crippen LogP contribution in [0.25, 0.3) is 0 Å². The van der Waals surface area contributed by atoms with Gasteiger partial charge in [0.15, 0.2) is 12.4 Å². The molecule has 1 saturated heterocycles. The zero-order chi connectivity index (χ0) is 26.4. The van der Waals surface area contributed by atoms with Crippen LogP contribution in [0.2, 0.25) is 0 Å². The normalized spacial score (nSPS) is 25.4. The number of fused-ring (bicyclic) bond motifs is 5. The number of carbonyl (C=O) groups excluding carboxylic acids is 4. The highest BCUT2D eigenvalue weighted by Crippen LogP contribution is 2.61. The van der Waals surface area contributed by atoms with Gasteiger partial charge in [0.2, 0.25) is 11.8 Å². The van der Waals surface area contributed by atoms with Gasteiger partial charge in [-0.15, -0.1) is 0 Å². The first-order chi connectivity index (χ1) is 18.5. The number of anilines is 1. The van der Waals surface area contributed by atoms with Crippen molar-refractivity contribution in [2.75, 3.05) is 18.6 Å². The van der Waals surface area contributed by atoms with Gasteiger partial charge in [0.05, 0.1) is 30.2 Å². The Morgan fingerprint density at radius 1 is 0.842 bits per heavy atom. The van der Waals surface area contributed by atoms with Crippen LogP contribution in [0, 0.1) is 23.7 Å². The van der Waals surface area contributed by atoms with Gasteiger partial charge in [-0.05, 0) is 66.5 Å². The zero-order valence-electron chi connectivity index (χ0n) is 20.9. The van der Waals surface area contributed by atoms with Crippen LogP contribution in [0.3, 0.4) is 0 Å². The molecule has 3 aromatic rings. The Hall–Kier alpha value is -4.26. The number of Topliss-reactive ketones (excluding diaryl/α,β-unsaturated/α-hetero) is 1. The zero-order valence-corrected chi connectivity index (χ0v) is 20.9. The van der Waals surface area contributed by atoms with Crippen LogP contribution in [0.4, 0.5) is 5.69 Å². The van der Waals surface area contributed by atoms with E-state index in [1.54, 1.807) is 42.5 Å². The molecular formula is C31H27NO6. The molecule has 6 rings (SSSR count). The lowest BCUT2D eigenvalue weighted by Crippen LogP contribution is -2.33. The molecule has 2 amide bonds. The average Bonchev–Trinajstić information content (AvgIpc) is 3.63. The largest absolute Gasteiger partial charge is 0.497 e. The Balaban J connectivity index is 1.17. The third-order valence-corrected chi connectivity index (χ3v) is 8.31. The maximum absolute atomic E-state index is 13.6. The van der Waals surface area contributed by atoms with Gasteiger partial charge in [-0.25, -0.2) is 4.79 Å². The Bertz CT molecular complexity index is 1430. The van der Waals surface area contributed by atoms with Crippen LogP contribution in [0.5, 0.6) is 5.75 Å². The van der Waals surface area contributed by atoms with Gasteiger partial charge in [0.1, 0.15) is 5.75 Å². The summed E-state index contributed by atoms with van der Waals surface area (Å²) in [5.74, 6) is -0.931. The molecule has 192 valence electrons. The SMILES string of the molecule is COc1cccc(C(=O)COC(=O)c2cccc(N3C(=O)[C@@H]4[C@@H]5C[C@@H]([C@H]4C3=O)[C@H](c3ccccc3)C5)c2)c1. The van der Waals surface area contributed by atoms with Gasteiger partial charge in [-0.3, -0.25) is 19.3 Å². The van der Waals surface area contributed by atoms with Crippen molar-refractivity contribution in [3.63, 3.8) is 0 Å². The molecule has 1 heterocycles. The van der Waals surface area contributed by atoms with E-state index in [1.165, 1.54) is 23.6 Å². The molecule has 2 bridgehead atoms. The van der Waals surface area contributed by atoms with Crippen molar-refractivity contribution in [1.29, 1.82) is 0 Å². The maximum atomic E-state index is 13.6. The molecule has 5 atom stereocenters. The summed E-state index contributed by atoms with van der Waals surface area (Å²) in [6.45, 7) is -0.438. The molecular weight excluding hydrogens is 482 g/mol. The Morgan fingerprint density at radius 3 is 2.37 bits per heavy atom. The first-order valence-corrected chi connectivity index (χ1v) is 12.8. The van der Waals surface area contributed by atoms with Crippen molar-refractivity contribution in [3.05, 3.63) is 95.6 Å². The molecule has 0 unspecified atom stereocenters. The van der Waals surface area contributed by atoms with E-state index < -0.39 is 12.6 Å². The van der Waals surface area contributed by atoms with E-state index in [0.29, 0.717) is 17.0 Å². The standard InChI is InChI=1S/C31H27NO6/c1-37-23-12-6-9-19(14-23)26(33)17-38-31(36)20-10-5-11-22(13-20)32-29(34)27-21-15-24(18-7-3-2-4-8-18)25(16-21)28(27)30(32)35/h2-14,21,24-25,27-28H,15-17H2,1H3/t21-,24-,25+,27+,28+/m0/s1. The van der Waals surface area contributed by atoms with E-state index in [9.17, 15) is 19.2 Å². The van der Waals surface area contributed by atoms with E-state index in [-0.39, 0.29) is 52.8 Å². The molecule has 3 fully saturated rings. The summed E-state index contributed by atoms with van der Waals surface area (Å²) < 4.78 is 10.4. The lowest BCUT2D eigenvalue weighted by atomic mass is 9.73. The molecule has 7 heteroatoms. The van der Waals surface area contributed by atoms with Crippen LogP contribution in [-0.4, -0.2) is 37.3 Å². The predicted molar refractivity (Wildman–Crippen MR) is 139 cm³/mol. The fourth-order valence-electron chi connectivity index (χ4n) is 6.66. The number of hydrogen-bond donors (Lipinski definition) is 0. The highest BCUT2D eigenvalue weighted by atomic mass is 16.5. The predicted octanol–water partition coefficient (Wildman–Crippen LogP) is 4.66. The van der Waals surface area contributed by atoms with Crippen molar-refractivity contribution in [2.24, 2.45) is 23.7 Å². The van der Waals surface area contributed by atoms with E-state index in [2.05, 4.69) is 12.1 Å². The molecule has 3 aliphatic rings. The van der Waals surface area contributed by atoms with Crippen LogP contribution in [0.15, 0.2) is 78.9 Å². The summed E-state index contributed by atoms with van der Waals surface area (Å²) in [4.78, 5) is 53.6. The second kappa shape index (κ2) is 9.56. The van der Waals surface area contributed by atoms with Crippen molar-refractivity contribution in [2.45, 2.75) is 18.8 Å². The average molecular weight is 510 g/mol. The van der Waals surface area contributed by atoms with Crippen molar-refractivity contribution in [1.82, 2.24) is 0 Å². The summed E-state index contributed by atoms with van der Waals surface area (Å²) in [5, 5.41) is 0. The highest BCUT2D eigenvalue weighted by Gasteiger charge is 2.64. The van der Waals surface area contributed by atoms with Gasteiger partial charge in [0.25, 0.3) is 0 Å². The molecule has 2 aliphatic carbocycles. The topological polar surface area (TPSA) is 90.0 Å². The monoisotopic (exact) mass is 509 g/mol. The third kappa shape index (κ3) is 3.99. The number of esters is 1. The van der Waals surface area contributed by atoms with Crippen LogP contribution >= 0.6 is 0 Å². The van der Waals surface area contributed by atoms with E-state index in [1.807, 2.05) is 18.2 Å². The second-order valence-electron chi connectivity index (χ2n) is 10.3. The fraction of sp³-hybridized carbons (Fsp3) is 0.290. The molecule has 0 radical (unpaired) electrons. The summed E-state index contributed by atoms with van der Waals surface area (Å²) in [6.07, 6.45) is 1.81. The first kappa shape index (κ1) is 24.1. The van der Waals surface area contributed by atoms with Crippen molar-refractivity contribution >= 4 is 29.3 Å². The second-order valence-corrected chi connectivity index (χ2v) is 10.3. The first-order valence-electron chi connectivity index (χ1n) is 12.8. The van der Waals surface area contributed by atoms with Crippen LogP contribution in [-0.2, 0) is 14.3 Å². The van der Waals surface area contributed by atoms with E-state index in [4.69, 9.17) is 9.47 Å². The van der Waals surface area contributed by atoms with Crippen LogP contribution in [0.1, 0.15) is 45.0 Å². The molecule has 0 aromatic heterocycles. The number of ether oxygens (including phenoxy) is 2. The van der Waals surface area contributed by atoms with Gasteiger partial charge in [0, 0.05) is 5.56 Å². The molecule has 38 heavy (non-hydrogen) atoms. The Kier molecular flexibility index (Phi) is 6.06. The molecule has 1 aliphatic heterocycles. The molecule has 0 N–H and O–H groups in total. The molecule has 2 saturated carbocycles. The number of benzene rings is 3.